The number of nitro benzene ring substituents is 1. The highest BCUT2D eigenvalue weighted by molar-refractivity contribution is 5.92. The second-order valence-corrected chi connectivity index (χ2v) is 4.67. The number of anilines is 1. The van der Waals surface area contributed by atoms with Crippen LogP contribution in [-0.2, 0) is 4.79 Å². The van der Waals surface area contributed by atoms with E-state index in [1.165, 1.54) is 0 Å². The van der Waals surface area contributed by atoms with Gasteiger partial charge in [0.05, 0.1) is 16.7 Å². The van der Waals surface area contributed by atoms with Gasteiger partial charge in [-0.3, -0.25) is 10.1 Å². The van der Waals surface area contributed by atoms with Gasteiger partial charge in [-0.1, -0.05) is 0 Å². The maximum atomic E-state index is 13.6. The van der Waals surface area contributed by atoms with Gasteiger partial charge < -0.3 is 15.7 Å². The molecule has 0 aliphatic heterocycles. The van der Waals surface area contributed by atoms with E-state index >= 15 is 0 Å². The van der Waals surface area contributed by atoms with E-state index in [1.807, 2.05) is 0 Å². The number of hydrogen-bond donors (Lipinski definition) is 3. The number of urea groups is 1. The molecule has 0 bridgehead atoms. The minimum absolute atomic E-state index is 0.116. The first kappa shape index (κ1) is 14.7. The maximum absolute atomic E-state index is 13.6. The molecule has 1 unspecified atom stereocenters. The number of nitrogens with zero attached hydrogens (tertiary/aromatic N) is 1. The largest absolute Gasteiger partial charge is 0.480 e. The summed E-state index contributed by atoms with van der Waals surface area (Å²) in [5, 5.41) is 23.8. The van der Waals surface area contributed by atoms with E-state index in [0.717, 1.165) is 12.1 Å². The molecular weight excluding hydrogens is 285 g/mol. The molecule has 112 valence electrons. The van der Waals surface area contributed by atoms with E-state index in [-0.39, 0.29) is 11.6 Å². The number of nitro groups is 1. The van der Waals surface area contributed by atoms with Gasteiger partial charge in [0.2, 0.25) is 0 Å². The normalized spacial score (nSPS) is 15.1. The summed E-state index contributed by atoms with van der Waals surface area (Å²) in [7, 11) is 0. The van der Waals surface area contributed by atoms with Gasteiger partial charge >= 0.3 is 12.0 Å². The molecule has 0 saturated heterocycles. The Morgan fingerprint density at radius 3 is 2.57 bits per heavy atom. The number of carbonyl (C=O) groups is 2. The Hall–Kier alpha value is -2.71. The number of carbonyl (C=O) groups excluding carboxylic acids is 1. The Balaban J connectivity index is 2.02. The van der Waals surface area contributed by atoms with Crippen molar-refractivity contribution in [3.63, 3.8) is 0 Å². The first-order chi connectivity index (χ1) is 9.88. The topological polar surface area (TPSA) is 122 Å². The summed E-state index contributed by atoms with van der Waals surface area (Å²) in [5.41, 5.74) is -0.710. The first-order valence-electron chi connectivity index (χ1n) is 6.12. The molecular formula is C12H12FN3O5. The number of aliphatic carboxylic acids is 1. The van der Waals surface area contributed by atoms with Gasteiger partial charge in [0.1, 0.15) is 6.04 Å². The zero-order valence-corrected chi connectivity index (χ0v) is 10.7. The maximum Gasteiger partial charge on any atom is 0.326 e. The summed E-state index contributed by atoms with van der Waals surface area (Å²) in [4.78, 5) is 32.3. The predicted molar refractivity (Wildman–Crippen MR) is 69.4 cm³/mol. The first-order valence-corrected chi connectivity index (χ1v) is 6.12. The molecule has 2 amide bonds. The van der Waals surface area contributed by atoms with E-state index in [0.29, 0.717) is 18.9 Å². The van der Waals surface area contributed by atoms with E-state index in [9.17, 15) is 24.1 Å². The zero-order valence-electron chi connectivity index (χ0n) is 10.7. The van der Waals surface area contributed by atoms with Crippen LogP contribution in [0.2, 0.25) is 0 Å². The highest BCUT2D eigenvalue weighted by Gasteiger charge is 2.37. The van der Waals surface area contributed by atoms with Gasteiger partial charge in [0.25, 0.3) is 5.69 Å². The van der Waals surface area contributed by atoms with Gasteiger partial charge in [-0.05, 0) is 24.8 Å². The molecule has 1 aromatic rings. The van der Waals surface area contributed by atoms with E-state index < -0.39 is 34.5 Å². The number of non-ortho nitro benzene ring substituents is 1. The van der Waals surface area contributed by atoms with Crippen molar-refractivity contribution in [3.8, 4) is 0 Å². The molecule has 9 heteroatoms. The van der Waals surface area contributed by atoms with Crippen molar-refractivity contribution in [2.75, 3.05) is 5.32 Å². The number of hydrogen-bond acceptors (Lipinski definition) is 4. The molecule has 1 aliphatic carbocycles. The number of carboxylic acids is 1. The summed E-state index contributed by atoms with van der Waals surface area (Å²) in [6, 6.07) is 0.854. The second kappa shape index (κ2) is 5.73. The van der Waals surface area contributed by atoms with Crippen LogP contribution in [0.25, 0.3) is 0 Å². The molecule has 1 aliphatic rings. The smallest absolute Gasteiger partial charge is 0.326 e. The minimum atomic E-state index is -1.16. The van der Waals surface area contributed by atoms with Crippen LogP contribution >= 0.6 is 0 Å². The number of halogens is 1. The number of nitrogens with one attached hydrogen (secondary N) is 2. The van der Waals surface area contributed by atoms with Gasteiger partial charge in [0.15, 0.2) is 5.82 Å². The molecule has 1 atom stereocenters. The lowest BCUT2D eigenvalue weighted by Gasteiger charge is -2.14. The van der Waals surface area contributed by atoms with Crippen molar-refractivity contribution < 1.29 is 24.0 Å². The fourth-order valence-electron chi connectivity index (χ4n) is 1.83. The summed E-state index contributed by atoms with van der Waals surface area (Å²) in [5.74, 6) is -2.25. The van der Waals surface area contributed by atoms with Crippen molar-refractivity contribution in [1.82, 2.24) is 5.32 Å². The molecule has 0 aromatic heterocycles. The van der Waals surface area contributed by atoms with Gasteiger partial charge in [-0.2, -0.15) is 0 Å². The summed E-state index contributed by atoms with van der Waals surface area (Å²) < 4.78 is 13.6. The lowest BCUT2D eigenvalue weighted by molar-refractivity contribution is -0.385. The van der Waals surface area contributed by atoms with Crippen LogP contribution in [0.15, 0.2) is 18.2 Å². The Morgan fingerprint density at radius 1 is 1.43 bits per heavy atom. The fourth-order valence-corrected chi connectivity index (χ4v) is 1.83. The highest BCUT2D eigenvalue weighted by Crippen LogP contribution is 2.32. The van der Waals surface area contributed by atoms with Crippen LogP contribution in [0.3, 0.4) is 0 Å². The monoisotopic (exact) mass is 297 g/mol. The Morgan fingerprint density at radius 2 is 2.10 bits per heavy atom. The molecule has 2 rings (SSSR count). The summed E-state index contributed by atoms with van der Waals surface area (Å²) >= 11 is 0. The summed E-state index contributed by atoms with van der Waals surface area (Å²) in [6.07, 6.45) is 1.42. The van der Waals surface area contributed by atoms with Gasteiger partial charge in [-0.25, -0.2) is 14.0 Å². The third kappa shape index (κ3) is 3.65. The molecule has 1 aromatic carbocycles. The predicted octanol–water partition coefficient (Wildman–Crippen LogP) is 1.72. The van der Waals surface area contributed by atoms with E-state index in [4.69, 9.17) is 5.11 Å². The second-order valence-electron chi connectivity index (χ2n) is 4.67. The van der Waals surface area contributed by atoms with Crippen molar-refractivity contribution >= 4 is 23.4 Å². The molecule has 21 heavy (non-hydrogen) atoms. The minimum Gasteiger partial charge on any atom is -0.480 e. The summed E-state index contributed by atoms with van der Waals surface area (Å²) in [6.45, 7) is 0. The number of carboxylic acid groups (broad SMARTS) is 1. The molecule has 0 radical (unpaired) electrons. The van der Waals surface area contributed by atoms with Crippen LogP contribution in [0.1, 0.15) is 12.8 Å². The third-order valence-electron chi connectivity index (χ3n) is 3.06. The fraction of sp³-hybridized carbons (Fsp3) is 0.333. The van der Waals surface area contributed by atoms with Crippen LogP contribution in [0.5, 0.6) is 0 Å². The SMILES string of the molecule is O=C(Nc1ccc([N+](=O)[O-])cc1F)NC(C(=O)O)C1CC1. The molecule has 1 fully saturated rings. The molecule has 8 nitrogen and oxygen atoms in total. The van der Waals surface area contributed by atoms with Crippen molar-refractivity contribution in [3.05, 3.63) is 34.1 Å². The van der Waals surface area contributed by atoms with Crippen molar-refractivity contribution in [1.29, 1.82) is 0 Å². The number of rotatable bonds is 5. The van der Waals surface area contributed by atoms with E-state index in [2.05, 4.69) is 10.6 Å². The van der Waals surface area contributed by atoms with Crippen LogP contribution in [0.4, 0.5) is 20.6 Å². The Labute approximate surface area is 118 Å². The standard InChI is InChI=1S/C12H12FN3O5/c13-8-5-7(16(20)21)3-4-9(8)14-12(19)15-10(11(17)18)6-1-2-6/h3-6,10H,1-2H2,(H,17,18)(H2,14,15,19). The van der Waals surface area contributed by atoms with Crippen LogP contribution in [0, 0.1) is 21.8 Å². The Kier molecular flexibility index (Phi) is 4.01. The van der Waals surface area contributed by atoms with Gasteiger partial charge in [-0.15, -0.1) is 0 Å². The zero-order chi connectivity index (χ0) is 15.6. The highest BCUT2D eigenvalue weighted by atomic mass is 19.1. The number of amides is 2. The lowest BCUT2D eigenvalue weighted by Crippen LogP contribution is -2.44. The average molecular weight is 297 g/mol. The van der Waals surface area contributed by atoms with Crippen molar-refractivity contribution in [2.24, 2.45) is 5.92 Å². The van der Waals surface area contributed by atoms with E-state index in [1.54, 1.807) is 0 Å². The lowest BCUT2D eigenvalue weighted by atomic mass is 10.2. The molecule has 1 saturated carbocycles. The van der Waals surface area contributed by atoms with Crippen LogP contribution in [-0.4, -0.2) is 28.1 Å². The third-order valence-corrected chi connectivity index (χ3v) is 3.06. The number of benzene rings is 1. The molecule has 3 N–H and O–H groups in total. The Bertz CT molecular complexity index is 603. The van der Waals surface area contributed by atoms with Crippen molar-refractivity contribution in [2.45, 2.75) is 18.9 Å². The average Bonchev–Trinajstić information content (AvgIpc) is 3.22. The van der Waals surface area contributed by atoms with Gasteiger partial charge in [0, 0.05) is 6.07 Å². The molecule has 0 heterocycles. The van der Waals surface area contributed by atoms with Crippen LogP contribution < -0.4 is 10.6 Å². The quantitative estimate of drug-likeness (QED) is 0.564. The molecule has 0 spiro atoms.